The van der Waals surface area contributed by atoms with Gasteiger partial charge in [0.2, 0.25) is 0 Å². The molecule has 2 aliphatic heterocycles. The Bertz CT molecular complexity index is 666. The molecule has 4 rings (SSSR count). The maximum absolute atomic E-state index is 13.0. The topological polar surface area (TPSA) is 58.4 Å². The van der Waals surface area contributed by atoms with Crippen molar-refractivity contribution in [2.75, 3.05) is 13.1 Å². The van der Waals surface area contributed by atoms with E-state index in [4.69, 9.17) is 4.42 Å². The highest BCUT2D eigenvalue weighted by molar-refractivity contribution is 7.15. The van der Waals surface area contributed by atoms with E-state index in [1.165, 1.54) is 11.3 Å². The molecule has 2 aromatic heterocycles. The van der Waals surface area contributed by atoms with E-state index < -0.39 is 0 Å². The number of furan rings is 1. The van der Waals surface area contributed by atoms with E-state index in [9.17, 15) is 4.79 Å². The number of carbonyl (C=O) groups is 1. The number of aromatic nitrogens is 1. The van der Waals surface area contributed by atoms with Crippen molar-refractivity contribution in [2.24, 2.45) is 0 Å². The predicted molar refractivity (Wildman–Crippen MR) is 85.0 cm³/mol. The molecule has 2 fully saturated rings. The molecule has 2 aromatic rings. The Morgan fingerprint density at radius 2 is 2.27 bits per heavy atom. The van der Waals surface area contributed by atoms with Crippen molar-refractivity contribution in [3.05, 3.63) is 29.0 Å². The molecular weight excluding hydrogens is 298 g/mol. The molecular formula is C16H19N3O2S. The van der Waals surface area contributed by atoms with E-state index in [-0.39, 0.29) is 5.91 Å². The number of fused-ring (bicyclic) bond motifs is 2. The standard InChI is InChI=1S/C16H19N3O2S/c1-10-14(18-15(22-10)13-3-2-8-21-13)16(20)19-11-4-5-12(19)9-17-7-6-11/h2-3,8,11-12,17H,4-7,9H2,1H3. The SMILES string of the molecule is Cc1sc(-c2ccco2)nc1C(=O)N1C2CCNCC1CC2. The van der Waals surface area contributed by atoms with E-state index in [0.29, 0.717) is 17.8 Å². The molecule has 2 unspecified atom stereocenters. The lowest BCUT2D eigenvalue weighted by Crippen LogP contribution is -2.42. The van der Waals surface area contributed by atoms with Gasteiger partial charge in [0.15, 0.2) is 10.8 Å². The molecule has 2 atom stereocenters. The lowest BCUT2D eigenvalue weighted by molar-refractivity contribution is 0.0674. The summed E-state index contributed by atoms with van der Waals surface area (Å²) in [7, 11) is 0. The van der Waals surface area contributed by atoms with Gasteiger partial charge in [-0.25, -0.2) is 4.98 Å². The number of carbonyl (C=O) groups excluding carboxylic acids is 1. The number of rotatable bonds is 2. The van der Waals surface area contributed by atoms with Crippen LogP contribution in [0.3, 0.4) is 0 Å². The van der Waals surface area contributed by atoms with Crippen LogP contribution in [0, 0.1) is 6.92 Å². The quantitative estimate of drug-likeness (QED) is 0.925. The van der Waals surface area contributed by atoms with E-state index in [1.54, 1.807) is 6.26 Å². The number of amides is 1. The van der Waals surface area contributed by atoms with Crippen molar-refractivity contribution in [3.8, 4) is 10.8 Å². The first-order chi connectivity index (χ1) is 10.7. The van der Waals surface area contributed by atoms with Crippen LogP contribution in [-0.4, -0.2) is 41.0 Å². The molecule has 0 spiro atoms. The van der Waals surface area contributed by atoms with Crippen LogP contribution in [0.15, 0.2) is 22.8 Å². The summed E-state index contributed by atoms with van der Waals surface area (Å²) < 4.78 is 5.40. The van der Waals surface area contributed by atoms with Gasteiger partial charge in [-0.3, -0.25) is 4.79 Å². The fourth-order valence-corrected chi connectivity index (χ4v) is 4.41. The van der Waals surface area contributed by atoms with Gasteiger partial charge in [-0.05, 0) is 44.9 Å². The maximum atomic E-state index is 13.0. The Morgan fingerprint density at radius 3 is 3.09 bits per heavy atom. The third kappa shape index (κ3) is 2.27. The van der Waals surface area contributed by atoms with E-state index in [1.807, 2.05) is 19.1 Å². The van der Waals surface area contributed by atoms with Crippen molar-refractivity contribution in [3.63, 3.8) is 0 Å². The molecule has 6 heteroatoms. The Kier molecular flexibility index (Phi) is 3.50. The number of thiazole rings is 1. The van der Waals surface area contributed by atoms with Crippen molar-refractivity contribution < 1.29 is 9.21 Å². The zero-order valence-electron chi connectivity index (χ0n) is 12.5. The van der Waals surface area contributed by atoms with Crippen LogP contribution in [0.1, 0.15) is 34.6 Å². The zero-order valence-corrected chi connectivity index (χ0v) is 13.4. The van der Waals surface area contributed by atoms with Crippen LogP contribution in [0.2, 0.25) is 0 Å². The van der Waals surface area contributed by atoms with Gasteiger partial charge in [0.1, 0.15) is 5.69 Å². The average Bonchev–Trinajstić information content (AvgIpc) is 3.16. The van der Waals surface area contributed by atoms with E-state index >= 15 is 0 Å². The first-order valence-corrected chi connectivity index (χ1v) is 8.60. The van der Waals surface area contributed by atoms with Gasteiger partial charge in [0.25, 0.3) is 5.91 Å². The Balaban J connectivity index is 1.65. The summed E-state index contributed by atoms with van der Waals surface area (Å²) in [5, 5.41) is 4.21. The Morgan fingerprint density at radius 1 is 1.41 bits per heavy atom. The predicted octanol–water partition coefficient (Wildman–Crippen LogP) is 2.68. The number of nitrogens with zero attached hydrogens (tertiary/aromatic N) is 2. The molecule has 5 nitrogen and oxygen atoms in total. The monoisotopic (exact) mass is 317 g/mol. The van der Waals surface area contributed by atoms with Crippen LogP contribution in [0.4, 0.5) is 0 Å². The third-order valence-corrected chi connectivity index (χ3v) is 5.61. The smallest absolute Gasteiger partial charge is 0.274 e. The van der Waals surface area contributed by atoms with E-state index in [2.05, 4.69) is 15.2 Å². The van der Waals surface area contributed by atoms with Crippen LogP contribution in [0.5, 0.6) is 0 Å². The molecule has 116 valence electrons. The molecule has 0 aliphatic carbocycles. The summed E-state index contributed by atoms with van der Waals surface area (Å²) in [6.45, 7) is 3.87. The summed E-state index contributed by atoms with van der Waals surface area (Å²) in [6, 6.07) is 4.40. The molecule has 2 bridgehead atoms. The molecule has 0 saturated carbocycles. The molecule has 2 saturated heterocycles. The molecule has 2 aliphatic rings. The number of nitrogens with one attached hydrogen (secondary N) is 1. The highest BCUT2D eigenvalue weighted by Gasteiger charge is 2.39. The first-order valence-electron chi connectivity index (χ1n) is 7.78. The molecule has 4 heterocycles. The lowest BCUT2D eigenvalue weighted by Gasteiger charge is -2.27. The molecule has 1 N–H and O–H groups in total. The zero-order chi connectivity index (χ0) is 15.1. The van der Waals surface area contributed by atoms with Crippen molar-refractivity contribution >= 4 is 17.2 Å². The first kappa shape index (κ1) is 14.0. The Hall–Kier alpha value is -1.66. The largest absolute Gasteiger partial charge is 0.462 e. The normalized spacial score (nSPS) is 24.5. The number of hydrogen-bond acceptors (Lipinski definition) is 5. The molecule has 0 radical (unpaired) electrons. The van der Waals surface area contributed by atoms with Gasteiger partial charge >= 0.3 is 0 Å². The minimum Gasteiger partial charge on any atom is -0.462 e. The number of hydrogen-bond donors (Lipinski definition) is 1. The van der Waals surface area contributed by atoms with Crippen molar-refractivity contribution in [1.82, 2.24) is 15.2 Å². The highest BCUT2D eigenvalue weighted by Crippen LogP contribution is 2.33. The minimum absolute atomic E-state index is 0.0859. The van der Waals surface area contributed by atoms with Crippen LogP contribution in [0.25, 0.3) is 10.8 Å². The minimum atomic E-state index is 0.0859. The second-order valence-electron chi connectivity index (χ2n) is 5.99. The summed E-state index contributed by atoms with van der Waals surface area (Å²) in [4.78, 5) is 20.6. The Labute approximate surface area is 133 Å². The maximum Gasteiger partial charge on any atom is 0.274 e. The number of aryl methyl sites for hydroxylation is 1. The van der Waals surface area contributed by atoms with Crippen molar-refractivity contribution in [1.29, 1.82) is 0 Å². The average molecular weight is 317 g/mol. The van der Waals surface area contributed by atoms with Gasteiger partial charge in [0.05, 0.1) is 6.26 Å². The van der Waals surface area contributed by atoms with Gasteiger partial charge in [0, 0.05) is 23.5 Å². The molecule has 22 heavy (non-hydrogen) atoms. The summed E-state index contributed by atoms with van der Waals surface area (Å²) in [5.41, 5.74) is 0.593. The van der Waals surface area contributed by atoms with Crippen molar-refractivity contribution in [2.45, 2.75) is 38.3 Å². The summed E-state index contributed by atoms with van der Waals surface area (Å²) in [6.07, 6.45) is 4.88. The fraction of sp³-hybridized carbons (Fsp3) is 0.500. The van der Waals surface area contributed by atoms with Gasteiger partial charge in [-0.2, -0.15) is 0 Å². The van der Waals surface area contributed by atoms with Crippen LogP contribution in [-0.2, 0) is 0 Å². The van der Waals surface area contributed by atoms with Crippen LogP contribution >= 0.6 is 11.3 Å². The van der Waals surface area contributed by atoms with Gasteiger partial charge in [-0.1, -0.05) is 0 Å². The molecule has 1 amide bonds. The third-order valence-electron chi connectivity index (χ3n) is 4.62. The van der Waals surface area contributed by atoms with E-state index in [0.717, 1.165) is 48.0 Å². The second-order valence-corrected chi connectivity index (χ2v) is 7.19. The summed E-state index contributed by atoms with van der Waals surface area (Å²) >= 11 is 1.52. The fourth-order valence-electron chi connectivity index (χ4n) is 3.54. The summed E-state index contributed by atoms with van der Waals surface area (Å²) in [5.74, 6) is 0.815. The molecule has 0 aromatic carbocycles. The lowest BCUT2D eigenvalue weighted by atomic mass is 10.1. The van der Waals surface area contributed by atoms with Gasteiger partial charge < -0.3 is 14.6 Å². The highest BCUT2D eigenvalue weighted by atomic mass is 32.1. The van der Waals surface area contributed by atoms with Gasteiger partial charge in [-0.15, -0.1) is 11.3 Å². The van der Waals surface area contributed by atoms with Crippen LogP contribution < -0.4 is 5.32 Å². The second kappa shape index (κ2) is 5.52.